The molecule has 1 fully saturated rings. The zero-order valence-corrected chi connectivity index (χ0v) is 12.5. The summed E-state index contributed by atoms with van der Waals surface area (Å²) >= 11 is 0. The van der Waals surface area contributed by atoms with Crippen LogP contribution < -0.4 is 10.6 Å². The first-order valence-electron chi connectivity index (χ1n) is 7.57. The fraction of sp³-hybridized carbons (Fsp3) is 0.200. The van der Waals surface area contributed by atoms with Gasteiger partial charge in [0.25, 0.3) is 0 Å². The third-order valence-corrected chi connectivity index (χ3v) is 4.23. The predicted octanol–water partition coefficient (Wildman–Crippen LogP) is 1.33. The molecule has 5 rings (SSSR count). The molecule has 4 aromatic rings. The molecule has 24 heavy (non-hydrogen) atoms. The Hall–Kier alpha value is -3.23. The average molecular weight is 325 g/mol. The number of nitrogens with zero attached hydrogens (tertiary/aromatic N) is 5. The normalized spacial score (nSPS) is 14.5. The number of halogens is 1. The molecule has 1 saturated heterocycles. The number of H-pyrrole nitrogens is 2. The van der Waals surface area contributed by atoms with Crippen molar-refractivity contribution in [1.29, 1.82) is 0 Å². The van der Waals surface area contributed by atoms with Gasteiger partial charge in [-0.25, -0.2) is 14.2 Å². The quantitative estimate of drug-likeness (QED) is 0.580. The number of aromatic nitrogens is 6. The van der Waals surface area contributed by atoms with Crippen LogP contribution in [-0.2, 0) is 0 Å². The van der Waals surface area contributed by atoms with Crippen molar-refractivity contribution < 1.29 is 4.39 Å². The van der Waals surface area contributed by atoms with E-state index in [4.69, 9.17) is 0 Å². The lowest BCUT2D eigenvalue weighted by Crippen LogP contribution is -2.38. The molecule has 0 atom stereocenters. The maximum Gasteiger partial charge on any atom is 0.325 e. The van der Waals surface area contributed by atoms with Crippen molar-refractivity contribution in [2.75, 3.05) is 18.0 Å². The molecule has 3 aromatic heterocycles. The molecular weight excluding hydrogens is 313 g/mol. The van der Waals surface area contributed by atoms with Gasteiger partial charge in [0.2, 0.25) is 5.95 Å². The average Bonchev–Trinajstić information content (AvgIpc) is 3.07. The molecular formula is C15H12FN7O. The van der Waals surface area contributed by atoms with Crippen LogP contribution in [0, 0.1) is 5.82 Å². The number of imidazole rings is 2. The topological polar surface area (TPSA) is 95.5 Å². The molecule has 0 saturated carbocycles. The van der Waals surface area contributed by atoms with Gasteiger partial charge in [-0.1, -0.05) is 0 Å². The Bertz CT molecular complexity index is 1140. The van der Waals surface area contributed by atoms with Gasteiger partial charge in [0.05, 0.1) is 11.0 Å². The standard InChI is InChI=1S/C15H12FN7O/c16-8-2-3-9-10(6-8)23(7-17-9)14-19-12-11(18-15(24)20-12)13(21-14)22-4-1-5-22/h2-3,6-7H,1,4-5H2,(H2,18,19,20,21,24). The Morgan fingerprint density at radius 2 is 2.04 bits per heavy atom. The van der Waals surface area contributed by atoms with Crippen molar-refractivity contribution in [1.82, 2.24) is 29.5 Å². The first kappa shape index (κ1) is 13.2. The first-order chi connectivity index (χ1) is 11.7. The Morgan fingerprint density at radius 1 is 1.17 bits per heavy atom. The van der Waals surface area contributed by atoms with Crippen LogP contribution in [0.5, 0.6) is 0 Å². The van der Waals surface area contributed by atoms with E-state index in [1.807, 2.05) is 0 Å². The summed E-state index contributed by atoms with van der Waals surface area (Å²) in [4.78, 5) is 32.4. The van der Waals surface area contributed by atoms with E-state index in [0.717, 1.165) is 19.5 Å². The van der Waals surface area contributed by atoms with Gasteiger partial charge in [-0.05, 0) is 18.6 Å². The zero-order chi connectivity index (χ0) is 16.3. The molecule has 0 amide bonds. The van der Waals surface area contributed by atoms with Crippen molar-refractivity contribution >= 4 is 28.0 Å². The SMILES string of the molecule is O=c1[nH]c2nc(-n3cnc4ccc(F)cc43)nc(N3CCC3)c2[nH]1. The maximum absolute atomic E-state index is 13.6. The van der Waals surface area contributed by atoms with E-state index < -0.39 is 0 Å². The highest BCUT2D eigenvalue weighted by molar-refractivity contribution is 5.85. The molecule has 2 N–H and O–H groups in total. The number of benzene rings is 1. The van der Waals surface area contributed by atoms with Gasteiger partial charge in [0.15, 0.2) is 11.5 Å². The minimum absolute atomic E-state index is 0.334. The lowest BCUT2D eigenvalue weighted by molar-refractivity contribution is 0.610. The number of hydrogen-bond donors (Lipinski definition) is 2. The summed E-state index contributed by atoms with van der Waals surface area (Å²) in [5.41, 5.74) is 1.89. The van der Waals surface area contributed by atoms with E-state index in [0.29, 0.717) is 34.0 Å². The van der Waals surface area contributed by atoms with E-state index >= 15 is 0 Å². The van der Waals surface area contributed by atoms with E-state index in [2.05, 4.69) is 29.8 Å². The van der Waals surface area contributed by atoms with Crippen molar-refractivity contribution in [3.8, 4) is 5.95 Å². The summed E-state index contributed by atoms with van der Waals surface area (Å²) in [5, 5.41) is 0. The van der Waals surface area contributed by atoms with Gasteiger partial charge in [-0.2, -0.15) is 9.97 Å². The van der Waals surface area contributed by atoms with E-state index in [9.17, 15) is 9.18 Å². The van der Waals surface area contributed by atoms with Gasteiger partial charge < -0.3 is 9.88 Å². The van der Waals surface area contributed by atoms with Crippen molar-refractivity contribution in [3.05, 3.63) is 40.8 Å². The highest BCUT2D eigenvalue weighted by atomic mass is 19.1. The number of aromatic amines is 2. The lowest BCUT2D eigenvalue weighted by Gasteiger charge is -2.32. The van der Waals surface area contributed by atoms with Crippen LogP contribution in [0.15, 0.2) is 29.3 Å². The van der Waals surface area contributed by atoms with E-state index in [1.54, 1.807) is 17.0 Å². The third kappa shape index (κ3) is 1.84. The molecule has 0 radical (unpaired) electrons. The minimum Gasteiger partial charge on any atom is -0.355 e. The molecule has 0 aliphatic carbocycles. The summed E-state index contributed by atoms with van der Waals surface area (Å²) in [6.07, 6.45) is 2.63. The second-order valence-corrected chi connectivity index (χ2v) is 5.74. The van der Waals surface area contributed by atoms with Gasteiger partial charge in [-0.15, -0.1) is 0 Å². The Balaban J connectivity index is 1.79. The van der Waals surface area contributed by atoms with Crippen LogP contribution in [0.2, 0.25) is 0 Å². The fourth-order valence-corrected chi connectivity index (χ4v) is 2.90. The number of rotatable bonds is 2. The molecule has 1 aromatic carbocycles. The third-order valence-electron chi connectivity index (χ3n) is 4.23. The molecule has 0 bridgehead atoms. The lowest BCUT2D eigenvalue weighted by atomic mass is 10.2. The Labute approximate surface area is 134 Å². The summed E-state index contributed by atoms with van der Waals surface area (Å²) in [5.74, 6) is 0.647. The second kappa shape index (κ2) is 4.63. The molecule has 4 heterocycles. The van der Waals surface area contributed by atoms with Crippen molar-refractivity contribution in [2.24, 2.45) is 0 Å². The zero-order valence-electron chi connectivity index (χ0n) is 12.5. The van der Waals surface area contributed by atoms with Crippen LogP contribution in [0.1, 0.15) is 6.42 Å². The fourth-order valence-electron chi connectivity index (χ4n) is 2.90. The Morgan fingerprint density at radius 3 is 2.83 bits per heavy atom. The minimum atomic E-state index is -0.358. The number of fused-ring (bicyclic) bond motifs is 2. The molecule has 9 heteroatoms. The number of anilines is 1. The summed E-state index contributed by atoms with van der Waals surface area (Å²) in [7, 11) is 0. The molecule has 0 spiro atoms. The smallest absolute Gasteiger partial charge is 0.325 e. The van der Waals surface area contributed by atoms with Crippen molar-refractivity contribution in [2.45, 2.75) is 6.42 Å². The van der Waals surface area contributed by atoms with Gasteiger partial charge >= 0.3 is 5.69 Å². The van der Waals surface area contributed by atoms with Gasteiger partial charge in [-0.3, -0.25) is 9.55 Å². The first-order valence-corrected chi connectivity index (χ1v) is 7.57. The molecule has 0 unspecified atom stereocenters. The maximum atomic E-state index is 13.6. The van der Waals surface area contributed by atoms with E-state index in [-0.39, 0.29) is 11.5 Å². The summed E-state index contributed by atoms with van der Waals surface area (Å²) in [6.45, 7) is 1.75. The van der Waals surface area contributed by atoms with Crippen LogP contribution in [0.4, 0.5) is 10.2 Å². The highest BCUT2D eigenvalue weighted by Crippen LogP contribution is 2.26. The highest BCUT2D eigenvalue weighted by Gasteiger charge is 2.22. The summed E-state index contributed by atoms with van der Waals surface area (Å²) in [6, 6.07) is 4.35. The molecule has 1 aliphatic heterocycles. The predicted molar refractivity (Wildman–Crippen MR) is 85.9 cm³/mol. The van der Waals surface area contributed by atoms with Crippen LogP contribution in [0.25, 0.3) is 28.1 Å². The van der Waals surface area contributed by atoms with Crippen LogP contribution in [-0.4, -0.2) is 42.6 Å². The van der Waals surface area contributed by atoms with Crippen LogP contribution >= 0.6 is 0 Å². The number of hydrogen-bond acceptors (Lipinski definition) is 5. The monoisotopic (exact) mass is 325 g/mol. The molecule has 8 nitrogen and oxygen atoms in total. The number of nitrogens with one attached hydrogen (secondary N) is 2. The van der Waals surface area contributed by atoms with E-state index in [1.165, 1.54) is 12.1 Å². The van der Waals surface area contributed by atoms with Gasteiger partial charge in [0.1, 0.15) is 17.7 Å². The molecule has 120 valence electrons. The summed E-state index contributed by atoms with van der Waals surface area (Å²) < 4.78 is 15.2. The largest absolute Gasteiger partial charge is 0.355 e. The van der Waals surface area contributed by atoms with Gasteiger partial charge in [0, 0.05) is 19.2 Å². The van der Waals surface area contributed by atoms with Crippen LogP contribution in [0.3, 0.4) is 0 Å². The Kier molecular flexibility index (Phi) is 2.55. The molecule has 1 aliphatic rings. The second-order valence-electron chi connectivity index (χ2n) is 5.74. The van der Waals surface area contributed by atoms with Crippen molar-refractivity contribution in [3.63, 3.8) is 0 Å².